The second kappa shape index (κ2) is 7.26. The molecule has 1 N–H and O–H groups in total. The number of nitrogens with zero attached hydrogens (tertiary/aromatic N) is 1. The maximum absolute atomic E-state index is 5.03. The fraction of sp³-hybridized carbons (Fsp3) is 0.591. The molecular formula is C22H31ClN2S. The fourth-order valence-electron chi connectivity index (χ4n) is 4.45. The number of piperidine rings is 1. The van der Waals surface area contributed by atoms with Crippen molar-refractivity contribution in [3.05, 3.63) is 40.4 Å². The van der Waals surface area contributed by atoms with Crippen LogP contribution in [0.25, 0.3) is 10.6 Å². The van der Waals surface area contributed by atoms with Crippen molar-refractivity contribution in [3.8, 4) is 10.6 Å². The monoisotopic (exact) mass is 390 g/mol. The van der Waals surface area contributed by atoms with Crippen LogP contribution in [0.5, 0.6) is 0 Å². The van der Waals surface area contributed by atoms with Gasteiger partial charge in [-0.3, -0.25) is 0 Å². The van der Waals surface area contributed by atoms with Crippen molar-refractivity contribution < 1.29 is 0 Å². The maximum Gasteiger partial charge on any atom is 0.123 e. The van der Waals surface area contributed by atoms with Crippen molar-refractivity contribution in [3.63, 3.8) is 0 Å². The van der Waals surface area contributed by atoms with Gasteiger partial charge in [0.05, 0.1) is 5.69 Å². The van der Waals surface area contributed by atoms with Gasteiger partial charge in [0.1, 0.15) is 5.01 Å². The molecule has 1 aromatic carbocycles. The van der Waals surface area contributed by atoms with Crippen LogP contribution in [0, 0.1) is 0 Å². The Morgan fingerprint density at radius 3 is 2.35 bits per heavy atom. The third-order valence-electron chi connectivity index (χ3n) is 6.38. The Labute approximate surface area is 168 Å². The summed E-state index contributed by atoms with van der Waals surface area (Å²) in [6, 6.07) is 7.10. The van der Waals surface area contributed by atoms with Gasteiger partial charge >= 0.3 is 0 Å². The van der Waals surface area contributed by atoms with Crippen molar-refractivity contribution in [2.45, 2.75) is 70.1 Å². The van der Waals surface area contributed by atoms with Gasteiger partial charge in [0.25, 0.3) is 0 Å². The normalized spacial score (nSPS) is 21.7. The minimum absolute atomic E-state index is 0. The first-order chi connectivity index (χ1) is 11.9. The lowest BCUT2D eigenvalue weighted by Gasteiger charge is -2.42. The first-order valence-electron chi connectivity index (χ1n) is 9.68. The summed E-state index contributed by atoms with van der Waals surface area (Å²) in [7, 11) is 0. The minimum Gasteiger partial charge on any atom is -0.317 e. The number of hydrogen-bond donors (Lipinski definition) is 1. The number of rotatable bonds is 2. The molecule has 2 aliphatic rings. The molecule has 1 fully saturated rings. The van der Waals surface area contributed by atoms with Crippen LogP contribution >= 0.6 is 23.7 Å². The number of benzene rings is 1. The highest BCUT2D eigenvalue weighted by Crippen LogP contribution is 2.47. The summed E-state index contributed by atoms with van der Waals surface area (Å²) in [6.07, 6.45) is 4.96. The lowest BCUT2D eigenvalue weighted by Crippen LogP contribution is -2.33. The van der Waals surface area contributed by atoms with Gasteiger partial charge in [-0.25, -0.2) is 4.98 Å². The van der Waals surface area contributed by atoms with E-state index in [-0.39, 0.29) is 23.2 Å². The number of halogens is 1. The van der Waals surface area contributed by atoms with Crippen molar-refractivity contribution in [1.82, 2.24) is 10.3 Å². The molecule has 1 aromatic heterocycles. The number of fused-ring (bicyclic) bond motifs is 1. The van der Waals surface area contributed by atoms with Gasteiger partial charge in [-0.05, 0) is 66.8 Å². The minimum atomic E-state index is 0. The van der Waals surface area contributed by atoms with E-state index in [0.717, 1.165) is 13.1 Å². The molecule has 1 aliphatic heterocycles. The van der Waals surface area contributed by atoms with Crippen LogP contribution in [-0.2, 0) is 10.8 Å². The molecule has 1 aliphatic carbocycles. The summed E-state index contributed by atoms with van der Waals surface area (Å²) >= 11 is 1.82. The summed E-state index contributed by atoms with van der Waals surface area (Å²) in [4.78, 5) is 5.03. The Bertz CT molecular complexity index is 772. The quantitative estimate of drug-likeness (QED) is 0.675. The van der Waals surface area contributed by atoms with Gasteiger partial charge in [-0.2, -0.15) is 0 Å². The van der Waals surface area contributed by atoms with E-state index in [1.807, 2.05) is 11.3 Å². The lowest BCUT2D eigenvalue weighted by atomic mass is 9.63. The predicted octanol–water partition coefficient (Wildman–Crippen LogP) is 6.05. The maximum atomic E-state index is 5.03. The van der Waals surface area contributed by atoms with E-state index in [4.69, 9.17) is 4.98 Å². The number of nitrogens with one attached hydrogen (secondary N) is 1. The molecule has 2 nitrogen and oxygen atoms in total. The van der Waals surface area contributed by atoms with E-state index in [1.54, 1.807) is 0 Å². The molecular weight excluding hydrogens is 360 g/mol. The van der Waals surface area contributed by atoms with E-state index in [9.17, 15) is 0 Å². The van der Waals surface area contributed by atoms with Gasteiger partial charge in [0.2, 0.25) is 0 Å². The van der Waals surface area contributed by atoms with Crippen LogP contribution < -0.4 is 5.32 Å². The molecule has 2 heterocycles. The molecule has 0 bridgehead atoms. The Hall–Kier alpha value is -0.900. The van der Waals surface area contributed by atoms with Crippen LogP contribution in [-0.4, -0.2) is 18.1 Å². The summed E-state index contributed by atoms with van der Waals surface area (Å²) in [6.45, 7) is 11.8. The van der Waals surface area contributed by atoms with E-state index >= 15 is 0 Å². The van der Waals surface area contributed by atoms with E-state index in [1.165, 1.54) is 53.1 Å². The van der Waals surface area contributed by atoms with E-state index in [0.29, 0.717) is 5.92 Å². The fourth-order valence-corrected chi connectivity index (χ4v) is 5.34. The number of hydrogen-bond acceptors (Lipinski definition) is 3. The second-order valence-electron chi connectivity index (χ2n) is 9.13. The lowest BCUT2D eigenvalue weighted by molar-refractivity contribution is 0.332. The third-order valence-corrected chi connectivity index (χ3v) is 7.29. The van der Waals surface area contributed by atoms with Gasteiger partial charge in [0, 0.05) is 16.9 Å². The number of thiazole rings is 1. The van der Waals surface area contributed by atoms with Crippen LogP contribution in [0.1, 0.15) is 76.1 Å². The summed E-state index contributed by atoms with van der Waals surface area (Å²) in [5, 5.41) is 6.93. The smallest absolute Gasteiger partial charge is 0.123 e. The first kappa shape index (κ1) is 19.9. The van der Waals surface area contributed by atoms with Gasteiger partial charge in [0.15, 0.2) is 0 Å². The molecule has 4 rings (SSSR count). The van der Waals surface area contributed by atoms with E-state index in [2.05, 4.69) is 56.6 Å². The predicted molar refractivity (Wildman–Crippen MR) is 115 cm³/mol. The van der Waals surface area contributed by atoms with Gasteiger partial charge in [-0.15, -0.1) is 23.7 Å². The average Bonchev–Trinajstić information content (AvgIpc) is 3.10. The van der Waals surface area contributed by atoms with Crippen LogP contribution in [0.4, 0.5) is 0 Å². The highest BCUT2D eigenvalue weighted by molar-refractivity contribution is 7.13. The Morgan fingerprint density at radius 2 is 1.65 bits per heavy atom. The molecule has 142 valence electrons. The molecule has 0 spiro atoms. The topological polar surface area (TPSA) is 24.9 Å². The van der Waals surface area contributed by atoms with Gasteiger partial charge < -0.3 is 5.32 Å². The molecule has 2 aromatic rings. The van der Waals surface area contributed by atoms with E-state index < -0.39 is 0 Å². The molecule has 0 radical (unpaired) electrons. The highest BCUT2D eigenvalue weighted by atomic mass is 35.5. The van der Waals surface area contributed by atoms with Crippen molar-refractivity contribution in [2.24, 2.45) is 0 Å². The molecule has 0 unspecified atom stereocenters. The zero-order valence-corrected chi connectivity index (χ0v) is 18.0. The summed E-state index contributed by atoms with van der Waals surface area (Å²) in [5.41, 5.74) is 6.21. The largest absolute Gasteiger partial charge is 0.317 e. The third kappa shape index (κ3) is 3.58. The van der Waals surface area contributed by atoms with Crippen LogP contribution in [0.15, 0.2) is 23.6 Å². The highest BCUT2D eigenvalue weighted by Gasteiger charge is 2.37. The van der Waals surface area contributed by atoms with Crippen molar-refractivity contribution in [2.75, 3.05) is 13.1 Å². The molecule has 4 heteroatoms. The van der Waals surface area contributed by atoms with Crippen molar-refractivity contribution in [1.29, 1.82) is 0 Å². The Kier molecular flexibility index (Phi) is 5.54. The second-order valence-corrected chi connectivity index (χ2v) is 9.99. The molecule has 26 heavy (non-hydrogen) atoms. The molecule has 0 amide bonds. The first-order valence-corrected chi connectivity index (χ1v) is 10.6. The molecule has 0 atom stereocenters. The Balaban J connectivity index is 0.00000196. The van der Waals surface area contributed by atoms with Crippen LogP contribution in [0.3, 0.4) is 0 Å². The summed E-state index contributed by atoms with van der Waals surface area (Å²) < 4.78 is 0. The zero-order valence-electron chi connectivity index (χ0n) is 16.4. The van der Waals surface area contributed by atoms with Gasteiger partial charge in [-0.1, -0.05) is 39.8 Å². The molecule has 0 saturated carbocycles. The SMILES string of the molecule is CC1(C)CCC(C)(C)c2cc(-c3nc(C4CCNCC4)cs3)ccc21.Cl. The number of aromatic nitrogens is 1. The molecule has 1 saturated heterocycles. The van der Waals surface area contributed by atoms with Crippen LogP contribution in [0.2, 0.25) is 0 Å². The van der Waals surface area contributed by atoms with Crippen molar-refractivity contribution >= 4 is 23.7 Å². The Morgan fingerprint density at radius 1 is 1.00 bits per heavy atom. The summed E-state index contributed by atoms with van der Waals surface area (Å²) in [5.74, 6) is 0.638. The standard InChI is InChI=1S/C22H30N2S.ClH/c1-21(2)9-10-22(3,4)18-13-16(5-6-17(18)21)20-24-19(14-25-20)15-7-11-23-12-8-15;/h5-6,13-15,23H,7-12H2,1-4H3;1H. The average molecular weight is 391 g/mol. The zero-order chi connectivity index (χ0) is 17.7.